The van der Waals surface area contributed by atoms with Crippen LogP contribution in [0.15, 0.2) is 12.4 Å². The van der Waals surface area contributed by atoms with Crippen LogP contribution in [0.3, 0.4) is 0 Å². The molecule has 130 valence electrons. The van der Waals surface area contributed by atoms with Crippen molar-refractivity contribution in [3.63, 3.8) is 0 Å². The first-order valence-electron chi connectivity index (χ1n) is 7.29. The minimum atomic E-state index is -4.51. The first-order valence-corrected chi connectivity index (χ1v) is 8.94. The molecule has 0 radical (unpaired) electrons. The Morgan fingerprint density at radius 1 is 1.26 bits per heavy atom. The molecule has 6 nitrogen and oxygen atoms in total. The first kappa shape index (κ1) is 17.8. The Bertz CT molecular complexity index is 611. The fourth-order valence-corrected chi connectivity index (χ4v) is 3.29. The van der Waals surface area contributed by atoms with Crippen molar-refractivity contribution in [1.29, 1.82) is 0 Å². The second-order valence-electron chi connectivity index (χ2n) is 5.73. The lowest BCUT2D eigenvalue weighted by atomic mass is 10.00. The third-order valence-corrected chi connectivity index (χ3v) is 4.92. The van der Waals surface area contributed by atoms with Crippen LogP contribution >= 0.6 is 0 Å². The molecule has 1 aliphatic rings. The number of hydrogen-bond donors (Lipinski definition) is 1. The van der Waals surface area contributed by atoms with Crippen molar-refractivity contribution in [2.45, 2.75) is 32.4 Å². The number of sulfonamides is 1. The second kappa shape index (κ2) is 6.90. The molecule has 2 rings (SSSR count). The van der Waals surface area contributed by atoms with Crippen LogP contribution in [-0.2, 0) is 10.0 Å². The number of aromatic nitrogens is 2. The van der Waals surface area contributed by atoms with Gasteiger partial charge < -0.3 is 4.90 Å². The minimum absolute atomic E-state index is 0.0568. The molecule has 0 spiro atoms. The van der Waals surface area contributed by atoms with Crippen LogP contribution in [0.2, 0.25) is 0 Å². The van der Waals surface area contributed by atoms with Gasteiger partial charge in [-0.1, -0.05) is 6.92 Å². The Kier molecular flexibility index (Phi) is 5.33. The maximum absolute atomic E-state index is 12.1. The van der Waals surface area contributed by atoms with E-state index < -0.39 is 28.4 Å². The zero-order valence-electron chi connectivity index (χ0n) is 12.7. The summed E-state index contributed by atoms with van der Waals surface area (Å²) in [7, 11) is -4.08. The molecule has 1 saturated heterocycles. The van der Waals surface area contributed by atoms with Crippen LogP contribution in [0.5, 0.6) is 0 Å². The van der Waals surface area contributed by atoms with Crippen molar-refractivity contribution in [3.8, 4) is 0 Å². The third kappa shape index (κ3) is 5.85. The molecule has 0 saturated carbocycles. The molecule has 10 heteroatoms. The smallest absolute Gasteiger partial charge is 0.341 e. The van der Waals surface area contributed by atoms with Crippen molar-refractivity contribution in [2.75, 3.05) is 28.5 Å². The molecule has 0 bridgehead atoms. The molecule has 0 aliphatic carbocycles. The highest BCUT2D eigenvalue weighted by Crippen LogP contribution is 2.22. The van der Waals surface area contributed by atoms with E-state index in [9.17, 15) is 21.6 Å². The Morgan fingerprint density at radius 3 is 2.35 bits per heavy atom. The van der Waals surface area contributed by atoms with Crippen molar-refractivity contribution in [1.82, 2.24) is 9.97 Å². The highest BCUT2D eigenvalue weighted by molar-refractivity contribution is 7.92. The van der Waals surface area contributed by atoms with Gasteiger partial charge >= 0.3 is 6.18 Å². The minimum Gasteiger partial charge on any atom is -0.341 e. The Morgan fingerprint density at radius 2 is 1.83 bits per heavy atom. The maximum atomic E-state index is 12.1. The third-order valence-electron chi connectivity index (χ3n) is 3.63. The molecule has 0 aromatic carbocycles. The summed E-state index contributed by atoms with van der Waals surface area (Å²) in [6.07, 6.45) is -1.30. The van der Waals surface area contributed by atoms with Gasteiger partial charge in [-0.3, -0.25) is 4.72 Å². The van der Waals surface area contributed by atoms with Gasteiger partial charge in [0, 0.05) is 13.1 Å². The van der Waals surface area contributed by atoms with Crippen molar-refractivity contribution in [2.24, 2.45) is 5.92 Å². The standard InChI is InChI=1S/C13H19F3N4O2S/c1-10-2-5-20(6-3-10)12-17-8-11(9-18-12)19-23(21,22)7-4-13(14,15)16/h8-10,19H,2-7H2,1H3. The number of halogens is 3. The van der Waals surface area contributed by atoms with Gasteiger partial charge in [-0.15, -0.1) is 0 Å². The number of nitrogens with zero attached hydrogens (tertiary/aromatic N) is 3. The fraction of sp³-hybridized carbons (Fsp3) is 0.692. The number of rotatable bonds is 5. The molecule has 1 aromatic heterocycles. The van der Waals surface area contributed by atoms with E-state index in [1.54, 1.807) is 0 Å². The highest BCUT2D eigenvalue weighted by atomic mass is 32.2. The fourth-order valence-electron chi connectivity index (χ4n) is 2.23. The van der Waals surface area contributed by atoms with E-state index >= 15 is 0 Å². The van der Waals surface area contributed by atoms with Gasteiger partial charge in [-0.25, -0.2) is 18.4 Å². The molecule has 0 unspecified atom stereocenters. The number of hydrogen-bond acceptors (Lipinski definition) is 5. The van der Waals surface area contributed by atoms with E-state index in [1.807, 2.05) is 4.90 Å². The summed E-state index contributed by atoms with van der Waals surface area (Å²) in [5.74, 6) is 0.128. The predicted octanol–water partition coefficient (Wildman–Crippen LogP) is 2.41. The zero-order chi connectivity index (χ0) is 17.1. The Labute approximate surface area is 133 Å². The molecule has 1 fully saturated rings. The first-order chi connectivity index (χ1) is 10.6. The topological polar surface area (TPSA) is 75.2 Å². The SMILES string of the molecule is CC1CCN(c2ncc(NS(=O)(=O)CCC(F)(F)F)cn2)CC1. The lowest BCUT2D eigenvalue weighted by Gasteiger charge is -2.30. The van der Waals surface area contributed by atoms with Crippen LogP contribution < -0.4 is 9.62 Å². The van der Waals surface area contributed by atoms with Gasteiger partial charge in [0.25, 0.3) is 0 Å². The lowest BCUT2D eigenvalue weighted by molar-refractivity contribution is -0.129. The van der Waals surface area contributed by atoms with Crippen LogP contribution in [0.4, 0.5) is 24.8 Å². The average Bonchev–Trinajstić information content (AvgIpc) is 2.46. The Hall–Kier alpha value is -1.58. The second-order valence-corrected chi connectivity index (χ2v) is 7.57. The zero-order valence-corrected chi connectivity index (χ0v) is 13.5. The summed E-state index contributed by atoms with van der Waals surface area (Å²) in [6, 6.07) is 0. The van der Waals surface area contributed by atoms with E-state index in [0.717, 1.165) is 25.9 Å². The number of anilines is 2. The summed E-state index contributed by atoms with van der Waals surface area (Å²) in [5.41, 5.74) is 0.0568. The van der Waals surface area contributed by atoms with Gasteiger partial charge in [0.1, 0.15) is 0 Å². The van der Waals surface area contributed by atoms with Crippen molar-refractivity contribution in [3.05, 3.63) is 12.4 Å². The monoisotopic (exact) mass is 352 g/mol. The van der Waals surface area contributed by atoms with Gasteiger partial charge in [-0.2, -0.15) is 13.2 Å². The summed E-state index contributed by atoms with van der Waals surface area (Å²) in [5, 5.41) is 0. The van der Waals surface area contributed by atoms with E-state index in [4.69, 9.17) is 0 Å². The molecular weight excluding hydrogens is 333 g/mol. The maximum Gasteiger partial charge on any atom is 0.390 e. The van der Waals surface area contributed by atoms with Crippen molar-refractivity contribution < 1.29 is 21.6 Å². The van der Waals surface area contributed by atoms with Gasteiger partial charge in [0.15, 0.2) is 0 Å². The Balaban J connectivity index is 1.94. The summed E-state index contributed by atoms with van der Waals surface area (Å²) < 4.78 is 61.5. The molecule has 1 aliphatic heterocycles. The molecule has 1 aromatic rings. The quantitative estimate of drug-likeness (QED) is 0.881. The van der Waals surface area contributed by atoms with Crippen molar-refractivity contribution >= 4 is 21.7 Å². The molecule has 2 heterocycles. The van der Waals surface area contributed by atoms with Crippen LogP contribution in [0, 0.1) is 5.92 Å². The highest BCUT2D eigenvalue weighted by Gasteiger charge is 2.30. The summed E-state index contributed by atoms with van der Waals surface area (Å²) in [4.78, 5) is 10.2. The van der Waals surface area contributed by atoms with E-state index in [0.29, 0.717) is 11.9 Å². The average molecular weight is 352 g/mol. The van der Waals surface area contributed by atoms with E-state index in [2.05, 4.69) is 21.6 Å². The largest absolute Gasteiger partial charge is 0.390 e. The molecule has 0 atom stereocenters. The predicted molar refractivity (Wildman–Crippen MR) is 80.7 cm³/mol. The van der Waals surface area contributed by atoms with E-state index in [1.165, 1.54) is 12.4 Å². The summed E-state index contributed by atoms with van der Waals surface area (Å²) in [6.45, 7) is 3.84. The normalized spacial score (nSPS) is 17.3. The van der Waals surface area contributed by atoms with Gasteiger partial charge in [-0.05, 0) is 18.8 Å². The van der Waals surface area contributed by atoms with Gasteiger partial charge in [0.05, 0.1) is 30.3 Å². The molecule has 1 N–H and O–H groups in total. The lowest BCUT2D eigenvalue weighted by Crippen LogP contribution is -2.34. The van der Waals surface area contributed by atoms with E-state index in [-0.39, 0.29) is 5.69 Å². The molecular formula is C13H19F3N4O2S. The van der Waals surface area contributed by atoms with Gasteiger partial charge in [0.2, 0.25) is 16.0 Å². The summed E-state index contributed by atoms with van der Waals surface area (Å²) >= 11 is 0. The van der Waals surface area contributed by atoms with Crippen LogP contribution in [0.1, 0.15) is 26.2 Å². The molecule has 0 amide bonds. The molecule has 23 heavy (non-hydrogen) atoms. The number of nitrogens with one attached hydrogen (secondary N) is 1. The number of piperidine rings is 1. The number of alkyl halides is 3. The van der Waals surface area contributed by atoms with Crippen LogP contribution in [0.25, 0.3) is 0 Å². The van der Waals surface area contributed by atoms with Crippen LogP contribution in [-0.4, -0.2) is 43.4 Å².